The molecule has 0 saturated heterocycles. The van der Waals surface area contributed by atoms with Gasteiger partial charge in [0.05, 0.1) is 12.1 Å². The minimum absolute atomic E-state index is 0.139. The van der Waals surface area contributed by atoms with E-state index in [1.807, 2.05) is 4.57 Å². The maximum atomic E-state index is 11.1. The number of nitrogens with zero attached hydrogens (tertiary/aromatic N) is 3. The van der Waals surface area contributed by atoms with Crippen molar-refractivity contribution in [1.82, 2.24) is 14.8 Å². The lowest BCUT2D eigenvalue weighted by Gasteiger charge is -2.42. The molecule has 0 spiro atoms. The molecular formula is C14H25N3O. The SMILES string of the molecule is CC(C)(C)C(O)(CC1CCCC1)Cn1cnnc1. The predicted molar refractivity (Wildman–Crippen MR) is 71.0 cm³/mol. The third kappa shape index (κ3) is 2.91. The molecule has 4 nitrogen and oxygen atoms in total. The molecule has 0 radical (unpaired) electrons. The van der Waals surface area contributed by atoms with Gasteiger partial charge in [0.25, 0.3) is 0 Å². The third-order valence-corrected chi connectivity index (χ3v) is 4.41. The highest BCUT2D eigenvalue weighted by atomic mass is 16.3. The first-order valence-electron chi connectivity index (χ1n) is 6.95. The molecule has 1 fully saturated rings. The second kappa shape index (κ2) is 5.00. The average molecular weight is 251 g/mol. The topological polar surface area (TPSA) is 50.9 Å². The fourth-order valence-electron chi connectivity index (χ4n) is 2.91. The van der Waals surface area contributed by atoms with Gasteiger partial charge in [-0.2, -0.15) is 0 Å². The van der Waals surface area contributed by atoms with Gasteiger partial charge in [0.1, 0.15) is 12.7 Å². The number of aromatic nitrogens is 3. The molecule has 1 N–H and O–H groups in total. The van der Waals surface area contributed by atoms with Gasteiger partial charge in [-0.3, -0.25) is 0 Å². The molecule has 1 saturated carbocycles. The van der Waals surface area contributed by atoms with Crippen LogP contribution in [0.2, 0.25) is 0 Å². The van der Waals surface area contributed by atoms with Crippen LogP contribution in [-0.4, -0.2) is 25.5 Å². The van der Waals surface area contributed by atoms with Crippen molar-refractivity contribution in [2.45, 2.75) is 65.0 Å². The van der Waals surface area contributed by atoms with Gasteiger partial charge in [-0.15, -0.1) is 10.2 Å². The van der Waals surface area contributed by atoms with Crippen molar-refractivity contribution >= 4 is 0 Å². The highest BCUT2D eigenvalue weighted by Gasteiger charge is 2.42. The molecular weight excluding hydrogens is 226 g/mol. The van der Waals surface area contributed by atoms with Crippen LogP contribution in [0.15, 0.2) is 12.7 Å². The van der Waals surface area contributed by atoms with Crippen LogP contribution in [-0.2, 0) is 6.54 Å². The molecule has 18 heavy (non-hydrogen) atoms. The van der Waals surface area contributed by atoms with Gasteiger partial charge in [-0.05, 0) is 17.8 Å². The Morgan fingerprint density at radius 1 is 1.17 bits per heavy atom. The van der Waals surface area contributed by atoms with Gasteiger partial charge in [0.2, 0.25) is 0 Å². The summed E-state index contributed by atoms with van der Waals surface area (Å²) in [6, 6.07) is 0. The van der Waals surface area contributed by atoms with Crippen molar-refractivity contribution in [2.75, 3.05) is 0 Å². The van der Waals surface area contributed by atoms with Gasteiger partial charge in [-0.1, -0.05) is 46.5 Å². The lowest BCUT2D eigenvalue weighted by atomic mass is 9.71. The van der Waals surface area contributed by atoms with Crippen molar-refractivity contribution in [1.29, 1.82) is 0 Å². The molecule has 1 unspecified atom stereocenters. The molecule has 4 heteroatoms. The molecule has 0 aliphatic heterocycles. The summed E-state index contributed by atoms with van der Waals surface area (Å²) < 4.78 is 1.89. The molecule has 0 amide bonds. The quantitative estimate of drug-likeness (QED) is 0.895. The van der Waals surface area contributed by atoms with Gasteiger partial charge in [0, 0.05) is 0 Å². The fourth-order valence-corrected chi connectivity index (χ4v) is 2.91. The number of hydrogen-bond acceptors (Lipinski definition) is 3. The monoisotopic (exact) mass is 251 g/mol. The summed E-state index contributed by atoms with van der Waals surface area (Å²) in [5, 5.41) is 18.7. The second-order valence-electron chi connectivity index (χ2n) is 6.77. The zero-order valence-electron chi connectivity index (χ0n) is 11.8. The molecule has 1 heterocycles. The minimum atomic E-state index is -0.690. The van der Waals surface area contributed by atoms with E-state index >= 15 is 0 Å². The van der Waals surface area contributed by atoms with Gasteiger partial charge >= 0.3 is 0 Å². The molecule has 0 aromatic carbocycles. The standard InChI is InChI=1S/C14H25N3O/c1-13(2,3)14(18,8-12-6-4-5-7-12)9-17-10-15-16-11-17/h10-12,18H,4-9H2,1-3H3. The van der Waals surface area contributed by atoms with E-state index in [2.05, 4.69) is 31.0 Å². The van der Waals surface area contributed by atoms with Crippen molar-refractivity contribution < 1.29 is 5.11 Å². The molecule has 2 rings (SSSR count). The Bertz CT molecular complexity index is 363. The highest BCUT2D eigenvalue weighted by Crippen LogP contribution is 2.41. The Balaban J connectivity index is 2.11. The van der Waals surface area contributed by atoms with E-state index < -0.39 is 5.60 Å². The lowest BCUT2D eigenvalue weighted by Crippen LogP contribution is -2.47. The summed E-state index contributed by atoms with van der Waals surface area (Å²) >= 11 is 0. The maximum Gasteiger partial charge on any atom is 0.119 e. The third-order valence-electron chi connectivity index (χ3n) is 4.41. The minimum Gasteiger partial charge on any atom is -0.387 e. The zero-order chi connectivity index (χ0) is 13.2. The summed E-state index contributed by atoms with van der Waals surface area (Å²) in [7, 11) is 0. The largest absolute Gasteiger partial charge is 0.387 e. The van der Waals surface area contributed by atoms with E-state index in [-0.39, 0.29) is 5.41 Å². The zero-order valence-corrected chi connectivity index (χ0v) is 11.8. The van der Waals surface area contributed by atoms with Crippen LogP contribution >= 0.6 is 0 Å². The molecule has 102 valence electrons. The van der Waals surface area contributed by atoms with Gasteiger partial charge in [0.15, 0.2) is 0 Å². The Kier molecular flexibility index (Phi) is 3.76. The van der Waals surface area contributed by atoms with Crippen LogP contribution in [0, 0.1) is 11.3 Å². The normalized spacial score (nSPS) is 21.1. The van der Waals surface area contributed by atoms with Crippen LogP contribution < -0.4 is 0 Å². The van der Waals surface area contributed by atoms with Gasteiger partial charge in [-0.25, -0.2) is 0 Å². The van der Waals surface area contributed by atoms with Crippen LogP contribution in [0.25, 0.3) is 0 Å². The van der Waals surface area contributed by atoms with Crippen molar-refractivity contribution in [3.05, 3.63) is 12.7 Å². The second-order valence-corrected chi connectivity index (χ2v) is 6.77. The molecule has 1 aliphatic rings. The summed E-state index contributed by atoms with van der Waals surface area (Å²) in [6.45, 7) is 6.94. The van der Waals surface area contributed by atoms with Crippen LogP contribution in [0.3, 0.4) is 0 Å². The van der Waals surface area contributed by atoms with Crippen molar-refractivity contribution in [3.63, 3.8) is 0 Å². The summed E-state index contributed by atoms with van der Waals surface area (Å²) in [4.78, 5) is 0. The molecule has 1 atom stereocenters. The number of aliphatic hydroxyl groups is 1. The summed E-state index contributed by atoms with van der Waals surface area (Å²) in [6.07, 6.45) is 9.42. The number of rotatable bonds is 4. The first-order valence-corrected chi connectivity index (χ1v) is 6.95. The number of hydrogen-bond donors (Lipinski definition) is 1. The first kappa shape index (κ1) is 13.5. The Labute approximate surface area is 109 Å². The molecule has 1 aliphatic carbocycles. The smallest absolute Gasteiger partial charge is 0.119 e. The summed E-state index contributed by atoms with van der Waals surface area (Å²) in [5.74, 6) is 0.672. The van der Waals surface area contributed by atoms with E-state index in [1.165, 1.54) is 25.7 Å². The van der Waals surface area contributed by atoms with E-state index in [0.29, 0.717) is 12.5 Å². The van der Waals surface area contributed by atoms with Crippen molar-refractivity contribution in [2.24, 2.45) is 11.3 Å². The van der Waals surface area contributed by atoms with Crippen molar-refractivity contribution in [3.8, 4) is 0 Å². The predicted octanol–water partition coefficient (Wildman–Crippen LogP) is 2.64. The Morgan fingerprint density at radius 3 is 2.22 bits per heavy atom. The van der Waals surface area contributed by atoms with E-state index in [0.717, 1.165) is 6.42 Å². The molecule has 1 aromatic heterocycles. The van der Waals surface area contributed by atoms with E-state index in [4.69, 9.17) is 0 Å². The van der Waals surface area contributed by atoms with E-state index in [1.54, 1.807) is 12.7 Å². The van der Waals surface area contributed by atoms with Crippen LogP contribution in [0.1, 0.15) is 52.9 Å². The summed E-state index contributed by atoms with van der Waals surface area (Å²) in [5.41, 5.74) is -0.829. The highest BCUT2D eigenvalue weighted by molar-refractivity contribution is 4.93. The first-order chi connectivity index (χ1) is 8.41. The molecule has 1 aromatic rings. The van der Waals surface area contributed by atoms with Crippen LogP contribution in [0.4, 0.5) is 0 Å². The maximum absolute atomic E-state index is 11.1. The molecule has 0 bridgehead atoms. The lowest BCUT2D eigenvalue weighted by molar-refractivity contribution is -0.0879. The Morgan fingerprint density at radius 2 is 1.72 bits per heavy atom. The van der Waals surface area contributed by atoms with E-state index in [9.17, 15) is 5.11 Å². The Hall–Kier alpha value is -0.900. The fraction of sp³-hybridized carbons (Fsp3) is 0.857. The van der Waals surface area contributed by atoms with Crippen LogP contribution in [0.5, 0.6) is 0 Å². The van der Waals surface area contributed by atoms with Gasteiger partial charge < -0.3 is 9.67 Å². The average Bonchev–Trinajstić information content (AvgIpc) is 2.88.